The van der Waals surface area contributed by atoms with E-state index in [9.17, 15) is 13.6 Å². The van der Waals surface area contributed by atoms with E-state index in [1.165, 1.54) is 27.9 Å². The molecule has 0 unspecified atom stereocenters. The van der Waals surface area contributed by atoms with Gasteiger partial charge in [-0.1, -0.05) is 31.7 Å². The molecule has 2 N–H and O–H groups in total. The summed E-state index contributed by atoms with van der Waals surface area (Å²) < 4.78 is 28.8. The van der Waals surface area contributed by atoms with Crippen LogP contribution in [-0.2, 0) is 6.42 Å². The van der Waals surface area contributed by atoms with Crippen molar-refractivity contribution in [3.63, 3.8) is 0 Å². The maximum absolute atomic E-state index is 14.2. The molecule has 2 aromatic carbocycles. The van der Waals surface area contributed by atoms with E-state index in [-0.39, 0.29) is 36.2 Å². The van der Waals surface area contributed by atoms with Crippen LogP contribution in [0, 0.1) is 24.0 Å². The van der Waals surface area contributed by atoms with Gasteiger partial charge in [0.15, 0.2) is 11.5 Å². The Morgan fingerprint density at radius 1 is 1.12 bits per heavy atom. The molecule has 168 valence electrons. The highest BCUT2D eigenvalue weighted by molar-refractivity contribution is 5.92. The number of piperidine rings is 1. The van der Waals surface area contributed by atoms with Gasteiger partial charge in [-0.15, -0.1) is 0 Å². The number of hydrogen-bond donors (Lipinski definition) is 1. The van der Waals surface area contributed by atoms with Gasteiger partial charge in [-0.25, -0.2) is 13.5 Å². The maximum Gasteiger partial charge on any atom is 0.274 e. The molecule has 5 rings (SSSR count). The van der Waals surface area contributed by atoms with Crippen molar-refractivity contribution in [2.75, 3.05) is 13.1 Å². The van der Waals surface area contributed by atoms with Crippen LogP contribution < -0.4 is 5.73 Å². The SMILES string of the molecule is C.Cc1cc(C(=O)N2CCC3(CC2)Cc2ccccc2[C@H]3N)nn1-c1ccc(F)cc1F. The summed E-state index contributed by atoms with van der Waals surface area (Å²) in [6.07, 6.45) is 2.62. The molecule has 1 fully saturated rings. The van der Waals surface area contributed by atoms with Gasteiger partial charge < -0.3 is 10.6 Å². The Bertz CT molecular complexity index is 1160. The second-order valence-electron chi connectivity index (χ2n) is 8.69. The molecule has 32 heavy (non-hydrogen) atoms. The number of carbonyl (C=O) groups excluding carboxylic acids is 1. The van der Waals surface area contributed by atoms with Crippen LogP contribution in [0.15, 0.2) is 48.5 Å². The number of halogens is 2. The van der Waals surface area contributed by atoms with Gasteiger partial charge in [-0.05, 0) is 60.9 Å². The number of nitrogens with zero attached hydrogens (tertiary/aromatic N) is 3. The van der Waals surface area contributed by atoms with Crippen molar-refractivity contribution in [3.05, 3.63) is 82.7 Å². The standard InChI is InChI=1S/C24H24F2N4O.CH4/c1-15-12-20(28-30(15)21-7-6-17(25)13-19(21)26)23(31)29-10-8-24(9-11-29)14-16-4-2-3-5-18(16)22(24)27;/h2-7,12-13,22H,8-11,14,27H2,1H3;1H4/t22-;/m1./s1. The van der Waals surface area contributed by atoms with Crippen LogP contribution in [0.2, 0.25) is 0 Å². The van der Waals surface area contributed by atoms with E-state index < -0.39 is 11.6 Å². The van der Waals surface area contributed by atoms with Gasteiger partial charge in [0.25, 0.3) is 5.91 Å². The molecule has 1 aromatic heterocycles. The van der Waals surface area contributed by atoms with Crippen molar-refractivity contribution in [2.45, 2.75) is 39.7 Å². The first-order valence-corrected chi connectivity index (χ1v) is 10.5. The lowest BCUT2D eigenvalue weighted by Crippen LogP contribution is -2.46. The number of nitrogens with two attached hydrogens (primary N) is 1. The molecular formula is C25H28F2N4O. The number of likely N-dealkylation sites (tertiary alicyclic amines) is 1. The summed E-state index contributed by atoms with van der Waals surface area (Å²) in [4.78, 5) is 14.9. The lowest BCUT2D eigenvalue weighted by atomic mass is 9.73. The fraction of sp³-hybridized carbons (Fsp3) is 0.360. The van der Waals surface area contributed by atoms with Crippen molar-refractivity contribution in [3.8, 4) is 5.69 Å². The molecule has 7 heteroatoms. The minimum Gasteiger partial charge on any atom is -0.337 e. The minimum atomic E-state index is -0.722. The predicted molar refractivity (Wildman–Crippen MR) is 120 cm³/mol. The van der Waals surface area contributed by atoms with Gasteiger partial charge in [0.05, 0.1) is 0 Å². The monoisotopic (exact) mass is 438 g/mol. The molecule has 1 spiro atoms. The average molecular weight is 439 g/mol. The van der Waals surface area contributed by atoms with Crippen LogP contribution in [0.1, 0.15) is 53.6 Å². The summed E-state index contributed by atoms with van der Waals surface area (Å²) in [5, 5.41) is 4.32. The zero-order chi connectivity index (χ0) is 21.8. The number of benzene rings is 2. The van der Waals surface area contributed by atoms with Gasteiger partial charge >= 0.3 is 0 Å². The molecule has 1 saturated heterocycles. The van der Waals surface area contributed by atoms with Crippen LogP contribution >= 0.6 is 0 Å². The quantitative estimate of drug-likeness (QED) is 0.637. The lowest BCUT2D eigenvalue weighted by Gasteiger charge is -2.42. The van der Waals surface area contributed by atoms with Crippen LogP contribution in [0.5, 0.6) is 0 Å². The van der Waals surface area contributed by atoms with Crippen LogP contribution in [0.25, 0.3) is 5.69 Å². The number of aryl methyl sites for hydroxylation is 1. The Morgan fingerprint density at radius 3 is 2.53 bits per heavy atom. The van der Waals surface area contributed by atoms with Crippen molar-refractivity contribution in [1.29, 1.82) is 0 Å². The molecule has 5 nitrogen and oxygen atoms in total. The van der Waals surface area contributed by atoms with Gasteiger partial charge in [-0.2, -0.15) is 5.10 Å². The third kappa shape index (κ3) is 3.50. The molecule has 0 bridgehead atoms. The fourth-order valence-corrected chi connectivity index (χ4v) is 5.10. The Balaban J connectivity index is 0.00000245. The van der Waals surface area contributed by atoms with E-state index >= 15 is 0 Å². The van der Waals surface area contributed by atoms with E-state index in [0.717, 1.165) is 25.3 Å². The number of aromatic nitrogens is 2. The number of hydrogen-bond acceptors (Lipinski definition) is 3. The van der Waals surface area contributed by atoms with E-state index in [2.05, 4.69) is 17.2 Å². The van der Waals surface area contributed by atoms with Crippen molar-refractivity contribution < 1.29 is 13.6 Å². The number of rotatable bonds is 2. The second kappa shape index (κ2) is 8.13. The molecule has 1 aliphatic heterocycles. The topological polar surface area (TPSA) is 64.2 Å². The second-order valence-corrected chi connectivity index (χ2v) is 8.69. The third-order valence-corrected chi connectivity index (χ3v) is 6.88. The Labute approximate surface area is 186 Å². The molecular weight excluding hydrogens is 410 g/mol. The fourth-order valence-electron chi connectivity index (χ4n) is 5.10. The van der Waals surface area contributed by atoms with Gasteiger partial charge in [-0.3, -0.25) is 4.79 Å². The summed E-state index contributed by atoms with van der Waals surface area (Å²) in [5.41, 5.74) is 10.1. The summed E-state index contributed by atoms with van der Waals surface area (Å²) >= 11 is 0. The number of amides is 1. The van der Waals surface area contributed by atoms with E-state index in [4.69, 9.17) is 5.73 Å². The van der Waals surface area contributed by atoms with E-state index in [1.807, 2.05) is 12.1 Å². The molecule has 2 heterocycles. The zero-order valence-electron chi connectivity index (χ0n) is 17.3. The third-order valence-electron chi connectivity index (χ3n) is 6.88. The highest BCUT2D eigenvalue weighted by Crippen LogP contribution is 2.50. The van der Waals surface area contributed by atoms with Crippen LogP contribution in [0.3, 0.4) is 0 Å². The Morgan fingerprint density at radius 2 is 1.84 bits per heavy atom. The molecule has 1 aliphatic carbocycles. The zero-order valence-corrected chi connectivity index (χ0v) is 17.3. The normalized spacial score (nSPS) is 19.0. The summed E-state index contributed by atoms with van der Waals surface area (Å²) in [7, 11) is 0. The number of carbonyl (C=O) groups is 1. The first-order valence-electron chi connectivity index (χ1n) is 10.5. The average Bonchev–Trinajstić information content (AvgIpc) is 3.27. The van der Waals surface area contributed by atoms with Crippen molar-refractivity contribution >= 4 is 5.91 Å². The molecule has 1 atom stereocenters. The van der Waals surface area contributed by atoms with Gasteiger partial charge in [0.1, 0.15) is 11.5 Å². The van der Waals surface area contributed by atoms with Crippen molar-refractivity contribution in [2.24, 2.45) is 11.1 Å². The molecule has 3 aromatic rings. The number of fused-ring (bicyclic) bond motifs is 1. The predicted octanol–water partition coefficient (Wildman–Crippen LogP) is 4.57. The Hall–Kier alpha value is -3.06. The molecule has 1 amide bonds. The summed E-state index contributed by atoms with van der Waals surface area (Å²) in [5.74, 6) is -1.56. The largest absolute Gasteiger partial charge is 0.337 e. The van der Waals surface area contributed by atoms with E-state index in [0.29, 0.717) is 18.8 Å². The lowest BCUT2D eigenvalue weighted by molar-refractivity contribution is 0.0536. The first kappa shape index (κ1) is 22.1. The molecule has 0 radical (unpaired) electrons. The highest BCUT2D eigenvalue weighted by Gasteiger charge is 2.46. The van der Waals surface area contributed by atoms with Crippen molar-refractivity contribution in [1.82, 2.24) is 14.7 Å². The first-order chi connectivity index (χ1) is 14.9. The molecule has 0 saturated carbocycles. The van der Waals surface area contributed by atoms with Crippen LogP contribution in [-0.4, -0.2) is 33.7 Å². The van der Waals surface area contributed by atoms with Gasteiger partial charge in [0.2, 0.25) is 0 Å². The van der Waals surface area contributed by atoms with Crippen LogP contribution in [0.4, 0.5) is 8.78 Å². The Kier molecular flexibility index (Phi) is 5.63. The van der Waals surface area contributed by atoms with E-state index in [1.54, 1.807) is 17.9 Å². The smallest absolute Gasteiger partial charge is 0.274 e. The molecule has 2 aliphatic rings. The maximum atomic E-state index is 14.2. The summed E-state index contributed by atoms with van der Waals surface area (Å²) in [6, 6.07) is 13.3. The summed E-state index contributed by atoms with van der Waals surface area (Å²) in [6.45, 7) is 2.96. The minimum absolute atomic E-state index is 0. The highest BCUT2D eigenvalue weighted by atomic mass is 19.1. The van der Waals surface area contributed by atoms with Gasteiger partial charge in [0, 0.05) is 30.9 Å².